The minimum absolute atomic E-state index is 0.750. The van der Waals surface area contributed by atoms with Crippen LogP contribution in [0.1, 0.15) is 13.3 Å². The van der Waals surface area contributed by atoms with Crippen LogP contribution in [0.15, 0.2) is 30.3 Å². The first-order valence-corrected chi connectivity index (χ1v) is 4.24. The summed E-state index contributed by atoms with van der Waals surface area (Å²) in [6, 6.07) is 9.88. The molecular formula is C9H15BO3. The first-order valence-electron chi connectivity index (χ1n) is 4.24. The lowest BCUT2D eigenvalue weighted by Crippen LogP contribution is -1.93. The fraction of sp³-hybridized carbons (Fsp3) is 0.333. The van der Waals surface area contributed by atoms with E-state index in [1.165, 1.54) is 0 Å². The average Bonchev–Trinajstić information content (AvgIpc) is 2.18. The lowest BCUT2D eigenvalue weighted by Gasteiger charge is -2.01. The molecule has 13 heavy (non-hydrogen) atoms. The molecule has 0 aliphatic heterocycles. The van der Waals surface area contributed by atoms with Gasteiger partial charge in [-0.15, -0.1) is 0 Å². The largest absolute Gasteiger partial charge is 0.494 e. The molecule has 0 aliphatic carbocycles. The molecule has 0 bridgehead atoms. The van der Waals surface area contributed by atoms with Crippen molar-refractivity contribution in [3.63, 3.8) is 0 Å². The molecule has 0 saturated heterocycles. The molecule has 3 nitrogen and oxygen atoms in total. The number of para-hydroxylation sites is 1. The number of hydrogen-bond acceptors (Lipinski definition) is 3. The second-order valence-electron chi connectivity index (χ2n) is 2.30. The molecule has 0 atom stereocenters. The number of rotatable bonds is 3. The molecule has 0 saturated carbocycles. The smallest absolute Gasteiger partial charge is 0.432 e. The van der Waals surface area contributed by atoms with Gasteiger partial charge in [0.25, 0.3) is 0 Å². The summed E-state index contributed by atoms with van der Waals surface area (Å²) in [5, 5.41) is 14.2. The van der Waals surface area contributed by atoms with E-state index in [0.29, 0.717) is 0 Å². The van der Waals surface area contributed by atoms with Gasteiger partial charge in [0.2, 0.25) is 0 Å². The summed E-state index contributed by atoms with van der Waals surface area (Å²) in [6.45, 7) is 2.91. The summed E-state index contributed by atoms with van der Waals surface area (Å²) in [6.07, 6.45) is 1.06. The van der Waals surface area contributed by atoms with E-state index in [4.69, 9.17) is 14.8 Å². The minimum atomic E-state index is -0.750. The molecule has 0 aromatic heterocycles. The van der Waals surface area contributed by atoms with E-state index in [1.807, 2.05) is 30.3 Å². The van der Waals surface area contributed by atoms with E-state index in [1.54, 1.807) is 0 Å². The Morgan fingerprint density at radius 1 is 1.23 bits per heavy atom. The Labute approximate surface area is 79.3 Å². The van der Waals surface area contributed by atoms with Crippen LogP contribution in [0.4, 0.5) is 0 Å². The van der Waals surface area contributed by atoms with Crippen LogP contribution in [0.2, 0.25) is 0 Å². The van der Waals surface area contributed by atoms with Crippen molar-refractivity contribution in [2.75, 3.05) is 6.61 Å². The zero-order chi connectivity index (χ0) is 9.94. The maximum Gasteiger partial charge on any atom is 0.432 e. The SMILES string of the molecule is CCCOc1ccccc1.OBO. The van der Waals surface area contributed by atoms with E-state index >= 15 is 0 Å². The molecule has 0 amide bonds. The van der Waals surface area contributed by atoms with Crippen molar-refractivity contribution >= 4 is 7.69 Å². The van der Waals surface area contributed by atoms with Crippen molar-refractivity contribution in [3.05, 3.63) is 30.3 Å². The minimum Gasteiger partial charge on any atom is -0.494 e. The van der Waals surface area contributed by atoms with Crippen LogP contribution in [-0.4, -0.2) is 24.3 Å². The van der Waals surface area contributed by atoms with Gasteiger partial charge in [0.05, 0.1) is 6.61 Å². The molecule has 0 heterocycles. The van der Waals surface area contributed by atoms with Gasteiger partial charge in [-0.25, -0.2) is 0 Å². The predicted octanol–water partition coefficient (Wildman–Crippen LogP) is 0.713. The van der Waals surface area contributed by atoms with E-state index in [9.17, 15) is 0 Å². The van der Waals surface area contributed by atoms with Gasteiger partial charge in [-0.05, 0) is 18.6 Å². The first kappa shape index (κ1) is 12.0. The molecule has 2 N–H and O–H groups in total. The highest BCUT2D eigenvalue weighted by Gasteiger charge is 1.86. The fourth-order valence-corrected chi connectivity index (χ4v) is 0.737. The Bertz CT molecular complexity index is 191. The quantitative estimate of drug-likeness (QED) is 0.677. The summed E-state index contributed by atoms with van der Waals surface area (Å²) in [7, 11) is -0.750. The summed E-state index contributed by atoms with van der Waals surface area (Å²) in [5.74, 6) is 0.962. The molecule has 0 radical (unpaired) electrons. The normalized spacial score (nSPS) is 8.23. The van der Waals surface area contributed by atoms with Gasteiger partial charge < -0.3 is 14.8 Å². The topological polar surface area (TPSA) is 49.7 Å². The Hall–Kier alpha value is -0.995. The third-order valence-electron chi connectivity index (χ3n) is 1.22. The lowest BCUT2D eigenvalue weighted by atomic mass is 10.3. The molecule has 1 rings (SSSR count). The van der Waals surface area contributed by atoms with Gasteiger partial charge in [0, 0.05) is 0 Å². The van der Waals surface area contributed by atoms with Gasteiger partial charge in [-0.1, -0.05) is 25.1 Å². The van der Waals surface area contributed by atoms with Crippen LogP contribution in [-0.2, 0) is 0 Å². The third-order valence-corrected chi connectivity index (χ3v) is 1.22. The van der Waals surface area contributed by atoms with Crippen molar-refractivity contribution < 1.29 is 14.8 Å². The van der Waals surface area contributed by atoms with Crippen molar-refractivity contribution in [2.45, 2.75) is 13.3 Å². The Morgan fingerprint density at radius 2 is 1.77 bits per heavy atom. The van der Waals surface area contributed by atoms with Crippen molar-refractivity contribution in [2.24, 2.45) is 0 Å². The molecule has 72 valence electrons. The first-order chi connectivity index (χ1) is 6.35. The van der Waals surface area contributed by atoms with Crippen LogP contribution in [0, 0.1) is 0 Å². The van der Waals surface area contributed by atoms with Crippen LogP contribution in [0.25, 0.3) is 0 Å². The van der Waals surface area contributed by atoms with E-state index in [-0.39, 0.29) is 0 Å². The molecular weight excluding hydrogens is 167 g/mol. The van der Waals surface area contributed by atoms with Gasteiger partial charge in [0.15, 0.2) is 0 Å². The standard InChI is InChI=1S/C9H12O.BH3O2/c1-2-8-10-9-6-4-3-5-7-9;2-1-3/h3-7H,2,8H2,1H3;1-3H. The van der Waals surface area contributed by atoms with Crippen LogP contribution in [0.5, 0.6) is 5.75 Å². The highest BCUT2D eigenvalue weighted by atomic mass is 16.5. The van der Waals surface area contributed by atoms with Crippen LogP contribution < -0.4 is 4.74 Å². The number of hydrogen-bond donors (Lipinski definition) is 2. The van der Waals surface area contributed by atoms with E-state index in [2.05, 4.69) is 6.92 Å². The molecule has 0 aliphatic rings. The lowest BCUT2D eigenvalue weighted by molar-refractivity contribution is 0.317. The zero-order valence-corrected chi connectivity index (χ0v) is 7.81. The predicted molar refractivity (Wildman–Crippen MR) is 53.8 cm³/mol. The Kier molecular flexibility index (Phi) is 8.40. The van der Waals surface area contributed by atoms with Gasteiger partial charge in [-0.2, -0.15) is 0 Å². The maximum absolute atomic E-state index is 7.12. The second-order valence-corrected chi connectivity index (χ2v) is 2.30. The molecule has 1 aromatic carbocycles. The molecule has 4 heteroatoms. The van der Waals surface area contributed by atoms with Crippen molar-refractivity contribution in [3.8, 4) is 5.75 Å². The van der Waals surface area contributed by atoms with E-state index in [0.717, 1.165) is 18.8 Å². The summed E-state index contributed by atoms with van der Waals surface area (Å²) in [4.78, 5) is 0. The molecule has 0 unspecified atom stereocenters. The number of benzene rings is 1. The second kappa shape index (κ2) is 9.10. The van der Waals surface area contributed by atoms with Crippen molar-refractivity contribution in [1.82, 2.24) is 0 Å². The van der Waals surface area contributed by atoms with Crippen LogP contribution >= 0.6 is 0 Å². The number of ether oxygens (including phenoxy) is 1. The Balaban J connectivity index is 0.000000424. The van der Waals surface area contributed by atoms with Gasteiger partial charge >= 0.3 is 7.69 Å². The molecule has 0 fully saturated rings. The van der Waals surface area contributed by atoms with Crippen LogP contribution in [0.3, 0.4) is 0 Å². The summed E-state index contributed by atoms with van der Waals surface area (Å²) >= 11 is 0. The maximum atomic E-state index is 7.12. The highest BCUT2D eigenvalue weighted by molar-refractivity contribution is 6.13. The van der Waals surface area contributed by atoms with Crippen molar-refractivity contribution in [1.29, 1.82) is 0 Å². The van der Waals surface area contributed by atoms with Gasteiger partial charge in [-0.3, -0.25) is 0 Å². The highest BCUT2D eigenvalue weighted by Crippen LogP contribution is 2.07. The zero-order valence-electron chi connectivity index (χ0n) is 7.81. The Morgan fingerprint density at radius 3 is 2.23 bits per heavy atom. The van der Waals surface area contributed by atoms with Gasteiger partial charge in [0.1, 0.15) is 5.75 Å². The fourth-order valence-electron chi connectivity index (χ4n) is 0.737. The molecule has 0 spiro atoms. The summed E-state index contributed by atoms with van der Waals surface area (Å²) in [5.41, 5.74) is 0. The van der Waals surface area contributed by atoms with E-state index < -0.39 is 7.69 Å². The average molecular weight is 182 g/mol. The monoisotopic (exact) mass is 182 g/mol. The molecule has 1 aromatic rings. The summed E-state index contributed by atoms with van der Waals surface area (Å²) < 4.78 is 5.36. The third kappa shape index (κ3) is 7.37.